The Hall–Kier alpha value is -0.210. The van der Waals surface area contributed by atoms with E-state index in [0.717, 1.165) is 12.8 Å². The maximum absolute atomic E-state index is 11.8. The molecule has 1 heterocycles. The summed E-state index contributed by atoms with van der Waals surface area (Å²) >= 11 is 0. The summed E-state index contributed by atoms with van der Waals surface area (Å²) in [5.74, 6) is 0.297. The second-order valence-corrected chi connectivity index (χ2v) is 6.16. The van der Waals surface area contributed by atoms with Crippen molar-refractivity contribution in [3.8, 4) is 0 Å². The summed E-state index contributed by atoms with van der Waals surface area (Å²) in [6, 6.07) is 0. The van der Waals surface area contributed by atoms with E-state index in [-0.39, 0.29) is 6.54 Å². The summed E-state index contributed by atoms with van der Waals surface area (Å²) in [5.41, 5.74) is 0. The van der Waals surface area contributed by atoms with Crippen LogP contribution in [0.4, 0.5) is 0 Å². The number of rotatable bonds is 5. The Kier molecular flexibility index (Phi) is 3.81. The molecule has 0 aromatic rings. The summed E-state index contributed by atoms with van der Waals surface area (Å²) in [6.07, 6.45) is 1.49. The number of hydrogen-bond donors (Lipinski definition) is 3. The van der Waals surface area contributed by atoms with Gasteiger partial charge < -0.3 is 10.4 Å². The summed E-state index contributed by atoms with van der Waals surface area (Å²) in [7, 11) is -3.40. The molecule has 1 aliphatic carbocycles. The molecule has 94 valence electrons. The maximum Gasteiger partial charge on any atom is 0.279 e. The second-order valence-electron chi connectivity index (χ2n) is 4.41. The highest BCUT2D eigenvalue weighted by Crippen LogP contribution is 2.32. The highest BCUT2D eigenvalue weighted by Gasteiger charge is 2.31. The van der Waals surface area contributed by atoms with Crippen LogP contribution in [0.2, 0.25) is 0 Å². The van der Waals surface area contributed by atoms with Gasteiger partial charge in [0.15, 0.2) is 0 Å². The summed E-state index contributed by atoms with van der Waals surface area (Å²) in [5, 5.41) is 12.7. The molecule has 6 nitrogen and oxygen atoms in total. The zero-order chi connectivity index (χ0) is 11.6. The molecule has 0 aromatic heterocycles. The topological polar surface area (TPSA) is 81.7 Å². The van der Waals surface area contributed by atoms with E-state index in [4.69, 9.17) is 0 Å². The van der Waals surface area contributed by atoms with Crippen LogP contribution in [0.3, 0.4) is 0 Å². The van der Waals surface area contributed by atoms with Gasteiger partial charge in [0, 0.05) is 32.7 Å². The molecule has 2 fully saturated rings. The van der Waals surface area contributed by atoms with Crippen LogP contribution in [0.5, 0.6) is 0 Å². The summed E-state index contributed by atoms with van der Waals surface area (Å²) in [4.78, 5) is 0. The van der Waals surface area contributed by atoms with Crippen LogP contribution in [-0.2, 0) is 10.2 Å². The fourth-order valence-corrected chi connectivity index (χ4v) is 3.04. The molecular formula is C9H19N3O3S. The number of hydrogen-bond acceptors (Lipinski definition) is 4. The number of aliphatic hydroxyl groups is 1. The van der Waals surface area contributed by atoms with Gasteiger partial charge in [-0.25, -0.2) is 0 Å². The van der Waals surface area contributed by atoms with Gasteiger partial charge in [-0.2, -0.15) is 17.4 Å². The van der Waals surface area contributed by atoms with E-state index in [1.165, 1.54) is 4.31 Å². The smallest absolute Gasteiger partial charge is 0.279 e. The zero-order valence-electron chi connectivity index (χ0n) is 9.22. The van der Waals surface area contributed by atoms with Crippen molar-refractivity contribution < 1.29 is 13.5 Å². The highest BCUT2D eigenvalue weighted by atomic mass is 32.2. The second kappa shape index (κ2) is 4.97. The van der Waals surface area contributed by atoms with Crippen LogP contribution in [0.1, 0.15) is 12.8 Å². The minimum Gasteiger partial charge on any atom is -0.391 e. The van der Waals surface area contributed by atoms with Gasteiger partial charge in [-0.3, -0.25) is 0 Å². The van der Waals surface area contributed by atoms with E-state index in [1.54, 1.807) is 0 Å². The van der Waals surface area contributed by atoms with Crippen molar-refractivity contribution in [3.05, 3.63) is 0 Å². The fraction of sp³-hybridized carbons (Fsp3) is 1.00. The van der Waals surface area contributed by atoms with E-state index in [2.05, 4.69) is 10.0 Å². The van der Waals surface area contributed by atoms with Crippen molar-refractivity contribution in [2.45, 2.75) is 18.9 Å². The molecule has 1 aliphatic heterocycles. The molecule has 7 heteroatoms. The van der Waals surface area contributed by atoms with Crippen LogP contribution >= 0.6 is 0 Å². The van der Waals surface area contributed by atoms with Gasteiger partial charge in [0.2, 0.25) is 0 Å². The lowest BCUT2D eigenvalue weighted by Crippen LogP contribution is -2.51. The van der Waals surface area contributed by atoms with E-state index in [0.29, 0.717) is 32.1 Å². The van der Waals surface area contributed by atoms with Crippen molar-refractivity contribution in [2.24, 2.45) is 5.92 Å². The predicted octanol–water partition coefficient (Wildman–Crippen LogP) is -1.50. The van der Waals surface area contributed by atoms with Crippen molar-refractivity contribution >= 4 is 10.2 Å². The van der Waals surface area contributed by atoms with Crippen molar-refractivity contribution in [1.82, 2.24) is 14.3 Å². The summed E-state index contributed by atoms with van der Waals surface area (Å²) < 4.78 is 27.5. The van der Waals surface area contributed by atoms with Crippen molar-refractivity contribution in [1.29, 1.82) is 0 Å². The average molecular weight is 249 g/mol. The summed E-state index contributed by atoms with van der Waals surface area (Å²) in [6.45, 7) is 2.50. The first kappa shape index (κ1) is 12.3. The average Bonchev–Trinajstić information content (AvgIpc) is 3.11. The van der Waals surface area contributed by atoms with Crippen LogP contribution in [-0.4, -0.2) is 56.7 Å². The van der Waals surface area contributed by atoms with E-state index >= 15 is 0 Å². The molecule has 0 aromatic carbocycles. The molecular weight excluding hydrogens is 230 g/mol. The van der Waals surface area contributed by atoms with Gasteiger partial charge in [0.1, 0.15) is 0 Å². The molecule has 0 bridgehead atoms. The van der Waals surface area contributed by atoms with Gasteiger partial charge in [0.05, 0.1) is 6.10 Å². The van der Waals surface area contributed by atoms with Gasteiger partial charge in [-0.05, 0) is 18.8 Å². The molecule has 3 N–H and O–H groups in total. The minimum atomic E-state index is -3.40. The van der Waals surface area contributed by atoms with Crippen molar-refractivity contribution in [3.63, 3.8) is 0 Å². The lowest BCUT2D eigenvalue weighted by atomic mass is 10.2. The first-order valence-corrected chi connectivity index (χ1v) is 7.17. The Bertz CT molecular complexity index is 323. The zero-order valence-corrected chi connectivity index (χ0v) is 10.0. The third-order valence-electron chi connectivity index (χ3n) is 3.06. The Morgan fingerprint density at radius 2 is 2.00 bits per heavy atom. The molecule has 1 saturated carbocycles. The maximum atomic E-state index is 11.8. The number of aliphatic hydroxyl groups excluding tert-OH is 1. The number of nitrogens with one attached hydrogen (secondary N) is 2. The first-order chi connectivity index (χ1) is 7.59. The third-order valence-corrected chi connectivity index (χ3v) is 4.63. The molecule has 0 spiro atoms. The van der Waals surface area contributed by atoms with Crippen molar-refractivity contribution in [2.75, 3.05) is 32.7 Å². The van der Waals surface area contributed by atoms with Crippen LogP contribution in [0.15, 0.2) is 0 Å². The Labute approximate surface area is 96.2 Å². The van der Waals surface area contributed by atoms with Gasteiger partial charge in [-0.1, -0.05) is 0 Å². The lowest BCUT2D eigenvalue weighted by molar-refractivity contribution is 0.154. The molecule has 0 radical (unpaired) electrons. The first-order valence-electron chi connectivity index (χ1n) is 5.73. The Balaban J connectivity index is 1.81. The van der Waals surface area contributed by atoms with Gasteiger partial charge >= 0.3 is 0 Å². The van der Waals surface area contributed by atoms with E-state index < -0.39 is 16.3 Å². The molecule has 2 aliphatic rings. The third kappa shape index (κ3) is 3.14. The molecule has 1 saturated heterocycles. The van der Waals surface area contributed by atoms with Crippen LogP contribution < -0.4 is 10.0 Å². The number of nitrogens with zero attached hydrogens (tertiary/aromatic N) is 1. The predicted molar refractivity (Wildman–Crippen MR) is 60.1 cm³/mol. The monoisotopic (exact) mass is 249 g/mol. The lowest BCUT2D eigenvalue weighted by Gasteiger charge is -2.27. The molecule has 2 rings (SSSR count). The molecule has 1 unspecified atom stereocenters. The van der Waals surface area contributed by atoms with Gasteiger partial charge in [-0.15, -0.1) is 0 Å². The molecule has 1 atom stereocenters. The quantitative estimate of drug-likeness (QED) is 0.554. The Morgan fingerprint density at radius 3 is 2.56 bits per heavy atom. The highest BCUT2D eigenvalue weighted by molar-refractivity contribution is 7.87. The fourth-order valence-electron chi connectivity index (χ4n) is 1.81. The van der Waals surface area contributed by atoms with E-state index in [1.807, 2.05) is 0 Å². The SMILES string of the molecule is O=S(=O)(NCC(O)C1CC1)N1CCNCC1. The van der Waals surface area contributed by atoms with E-state index in [9.17, 15) is 13.5 Å². The molecule has 0 amide bonds. The Morgan fingerprint density at radius 1 is 1.38 bits per heavy atom. The molecule has 16 heavy (non-hydrogen) atoms. The minimum absolute atomic E-state index is 0.136. The van der Waals surface area contributed by atoms with Gasteiger partial charge in [0.25, 0.3) is 10.2 Å². The standard InChI is InChI=1S/C9H19N3O3S/c13-9(8-1-2-8)7-11-16(14,15)12-5-3-10-4-6-12/h8-11,13H,1-7H2. The largest absolute Gasteiger partial charge is 0.391 e. The normalized spacial score (nSPS) is 25.6. The van der Waals surface area contributed by atoms with Crippen LogP contribution in [0, 0.1) is 5.92 Å². The number of piperazine rings is 1. The van der Waals surface area contributed by atoms with Crippen LogP contribution in [0.25, 0.3) is 0 Å².